The minimum absolute atomic E-state index is 0.116. The van der Waals surface area contributed by atoms with E-state index in [-0.39, 0.29) is 10.0 Å². The van der Waals surface area contributed by atoms with E-state index in [1.807, 2.05) is 33.8 Å². The van der Waals surface area contributed by atoms with Gasteiger partial charge in [0.05, 0.1) is 10.1 Å². The maximum Gasteiger partial charge on any atom is 0.488 e. The van der Waals surface area contributed by atoms with Gasteiger partial charge in [-0.15, -0.1) is 0 Å². The summed E-state index contributed by atoms with van der Waals surface area (Å²) in [6.07, 6.45) is -6.76. The smallest absolute Gasteiger partial charge is 0.423 e. The van der Waals surface area contributed by atoms with Crippen LogP contribution in [0.5, 0.6) is 0 Å². The Balaban J connectivity index is -0.000000367. The molecule has 0 amide bonds. The molecule has 2 nitrogen and oxygen atoms in total. The van der Waals surface area contributed by atoms with Gasteiger partial charge in [0.2, 0.25) is 0 Å². The van der Waals surface area contributed by atoms with Crippen molar-refractivity contribution in [1.29, 1.82) is 0 Å². The Morgan fingerprint density at radius 1 is 0.839 bits per heavy atom. The summed E-state index contributed by atoms with van der Waals surface area (Å²) in [4.78, 5) is 0. The molecule has 0 fully saturated rings. The quantitative estimate of drug-likeness (QED) is 0.350. The lowest BCUT2D eigenvalue weighted by atomic mass is 9.81. The predicted molar refractivity (Wildman–Crippen MR) is 125 cm³/mol. The molecule has 2 aromatic carbocycles. The summed E-state index contributed by atoms with van der Waals surface area (Å²) in [7, 11) is -1.34. The third-order valence-electron chi connectivity index (χ3n) is 2.80. The molecule has 0 radical (unpaired) electrons. The summed E-state index contributed by atoms with van der Waals surface area (Å²) in [5.41, 5.74) is -0.161. The Morgan fingerprint density at radius 2 is 1.16 bits per heavy atom. The second-order valence-electron chi connectivity index (χ2n) is 4.87. The Morgan fingerprint density at radius 3 is 1.39 bits per heavy atom. The second kappa shape index (κ2) is 20.0. The fraction of sp³-hybridized carbons (Fsp3) is 0.273. The molecule has 0 aliphatic carbocycles. The number of allylic oxidation sites excluding steroid dienone is 2. The highest BCUT2D eigenvalue weighted by Gasteiger charge is 2.32. The monoisotopic (exact) mass is 510 g/mol. The van der Waals surface area contributed by atoms with Crippen molar-refractivity contribution in [2.24, 2.45) is 0 Å². The van der Waals surface area contributed by atoms with Crippen LogP contribution >= 0.6 is 15.9 Å². The third-order valence-corrected chi connectivity index (χ3v) is 3.15. The van der Waals surface area contributed by atoms with Crippen molar-refractivity contribution in [3.8, 4) is 0 Å². The number of rotatable bonds is 3. The van der Waals surface area contributed by atoms with Crippen LogP contribution in [0.25, 0.3) is 5.57 Å². The molecule has 0 saturated heterocycles. The van der Waals surface area contributed by atoms with E-state index in [0.29, 0.717) is 5.46 Å². The lowest BCUT2D eigenvalue weighted by molar-refractivity contribution is -0.0686. The highest BCUT2D eigenvalue weighted by Crippen LogP contribution is 2.31. The van der Waals surface area contributed by atoms with E-state index in [0.717, 1.165) is 0 Å². The molecule has 31 heavy (non-hydrogen) atoms. The van der Waals surface area contributed by atoms with Crippen molar-refractivity contribution in [1.82, 2.24) is 0 Å². The Labute approximate surface area is 190 Å². The molecule has 0 saturated carbocycles. The van der Waals surface area contributed by atoms with E-state index in [9.17, 15) is 22.0 Å². The lowest BCUT2D eigenvalue weighted by Crippen LogP contribution is -2.29. The first-order valence-electron chi connectivity index (χ1n) is 9.31. The summed E-state index contributed by atoms with van der Waals surface area (Å²) in [5.74, 6) is 0. The average Bonchev–Trinajstić information content (AvgIpc) is 2.77. The van der Waals surface area contributed by atoms with Crippen LogP contribution in [0.2, 0.25) is 0 Å². The Hall–Kier alpha value is -1.97. The van der Waals surface area contributed by atoms with E-state index in [1.54, 1.807) is 42.5 Å². The number of alkyl halides is 5. The van der Waals surface area contributed by atoms with Crippen LogP contribution < -0.4 is 5.46 Å². The van der Waals surface area contributed by atoms with E-state index >= 15 is 0 Å². The van der Waals surface area contributed by atoms with Crippen LogP contribution in [-0.4, -0.2) is 29.8 Å². The molecule has 0 heterocycles. The lowest BCUT2D eigenvalue weighted by Gasteiger charge is -2.08. The van der Waals surface area contributed by atoms with Crippen LogP contribution in [0, 0.1) is 0 Å². The van der Waals surface area contributed by atoms with Crippen LogP contribution in [0.1, 0.15) is 33.3 Å². The maximum atomic E-state index is 12.0. The molecule has 2 rings (SSSR count). The highest BCUT2D eigenvalue weighted by atomic mass is 79.9. The number of halogens is 6. The van der Waals surface area contributed by atoms with Crippen molar-refractivity contribution in [3.05, 3.63) is 83.9 Å². The molecular formula is C22H29BBrF5O2. The molecule has 0 aromatic heterocycles. The molecule has 0 unspecified atom stereocenters. The summed E-state index contributed by atoms with van der Waals surface area (Å²) < 4.78 is 57.9. The van der Waals surface area contributed by atoms with Gasteiger partial charge in [0, 0.05) is 0 Å². The molecule has 0 aliphatic heterocycles. The van der Waals surface area contributed by atoms with Crippen molar-refractivity contribution in [2.75, 3.05) is 0 Å². The van der Waals surface area contributed by atoms with Crippen molar-refractivity contribution in [3.63, 3.8) is 0 Å². The summed E-state index contributed by atoms with van der Waals surface area (Å²) in [6, 6.07) is 16.2. The zero-order chi connectivity index (χ0) is 25.0. The molecule has 2 N–H and O–H groups in total. The van der Waals surface area contributed by atoms with E-state index in [1.165, 1.54) is 12.1 Å². The van der Waals surface area contributed by atoms with Crippen LogP contribution in [0.4, 0.5) is 22.0 Å². The fourth-order valence-corrected chi connectivity index (χ4v) is 1.43. The normalized spacial score (nSPS) is 9.19. The summed E-state index contributed by atoms with van der Waals surface area (Å²) in [6.45, 7) is 13.9. The number of hydrogen-bond acceptors (Lipinski definition) is 2. The van der Waals surface area contributed by atoms with Gasteiger partial charge in [0.25, 0.3) is 6.43 Å². The first-order chi connectivity index (χ1) is 14.5. The molecule has 0 bridgehead atoms. The third kappa shape index (κ3) is 18.5. The SMILES string of the molecule is C=C(Br)C(F)F.C=C(c1ccccc1)C(F)(F)F.CC.CC.OB(O)c1ccccc1. The van der Waals surface area contributed by atoms with Crippen molar-refractivity contribution < 1.29 is 32.0 Å². The summed E-state index contributed by atoms with van der Waals surface area (Å²) >= 11 is 2.49. The van der Waals surface area contributed by atoms with Gasteiger partial charge in [-0.3, -0.25) is 0 Å². The minimum atomic E-state index is -4.33. The zero-order valence-corrected chi connectivity index (χ0v) is 19.6. The molecule has 174 valence electrons. The van der Waals surface area contributed by atoms with Crippen molar-refractivity contribution >= 4 is 34.1 Å². The Bertz CT molecular complexity index is 694. The largest absolute Gasteiger partial charge is 0.488 e. The molecule has 9 heteroatoms. The first kappa shape index (κ1) is 33.7. The standard InChI is InChI=1S/C9H7F3.C6H7BO2.C3H3BrF2.2C2H6/c1-7(9(10,11)12)8-5-3-2-4-6-8;8-7(9)6-4-2-1-3-5-6;1-2(4)3(5)6;2*1-2/h2-6H,1H2;1-5,8-9H;3H,1H2;2*1-2H3. The van der Waals surface area contributed by atoms with Gasteiger partial charge in [0.1, 0.15) is 0 Å². The van der Waals surface area contributed by atoms with Gasteiger partial charge in [-0.1, -0.05) is 117 Å². The van der Waals surface area contributed by atoms with Gasteiger partial charge >= 0.3 is 13.3 Å². The molecule has 2 aromatic rings. The van der Waals surface area contributed by atoms with Gasteiger partial charge < -0.3 is 10.0 Å². The van der Waals surface area contributed by atoms with E-state index in [2.05, 4.69) is 29.1 Å². The maximum absolute atomic E-state index is 12.0. The van der Waals surface area contributed by atoms with Crippen LogP contribution in [0.3, 0.4) is 0 Å². The number of hydrogen-bond donors (Lipinski definition) is 2. The zero-order valence-electron chi connectivity index (χ0n) is 18.0. The fourth-order valence-electron chi connectivity index (χ4n) is 1.43. The molecule has 0 atom stereocenters. The molecule has 0 spiro atoms. The topological polar surface area (TPSA) is 40.5 Å². The predicted octanol–water partition coefficient (Wildman–Crippen LogP) is 6.84. The molecule has 0 aliphatic rings. The van der Waals surface area contributed by atoms with Gasteiger partial charge in [-0.2, -0.15) is 13.2 Å². The van der Waals surface area contributed by atoms with Gasteiger partial charge in [-0.05, 0) is 11.0 Å². The van der Waals surface area contributed by atoms with E-state index < -0.39 is 25.3 Å². The second-order valence-corrected chi connectivity index (χ2v) is 5.89. The highest BCUT2D eigenvalue weighted by molar-refractivity contribution is 9.11. The Kier molecular flexibility index (Phi) is 21.7. The average molecular weight is 511 g/mol. The summed E-state index contributed by atoms with van der Waals surface area (Å²) in [5, 5.41) is 17.2. The van der Waals surface area contributed by atoms with Crippen LogP contribution in [0.15, 0.2) is 78.3 Å². The number of benzene rings is 2. The first-order valence-corrected chi connectivity index (χ1v) is 10.1. The minimum Gasteiger partial charge on any atom is -0.423 e. The van der Waals surface area contributed by atoms with Gasteiger partial charge in [0.15, 0.2) is 0 Å². The van der Waals surface area contributed by atoms with Gasteiger partial charge in [-0.25, -0.2) is 8.78 Å². The van der Waals surface area contributed by atoms with E-state index in [4.69, 9.17) is 10.0 Å². The van der Waals surface area contributed by atoms with Crippen molar-refractivity contribution in [2.45, 2.75) is 40.3 Å². The molecular weight excluding hydrogens is 482 g/mol. The van der Waals surface area contributed by atoms with Crippen LogP contribution in [-0.2, 0) is 0 Å².